The van der Waals surface area contributed by atoms with E-state index in [1.54, 1.807) is 6.33 Å². The summed E-state index contributed by atoms with van der Waals surface area (Å²) in [7, 11) is 0. The van der Waals surface area contributed by atoms with Crippen LogP contribution in [0, 0.1) is 0 Å². The molecule has 0 amide bonds. The maximum atomic E-state index is 8.58. The van der Waals surface area contributed by atoms with Crippen molar-refractivity contribution in [1.29, 1.82) is 0 Å². The lowest BCUT2D eigenvalue weighted by Gasteiger charge is -2.20. The second kappa shape index (κ2) is 6.85. The van der Waals surface area contributed by atoms with Gasteiger partial charge >= 0.3 is 0 Å². The fourth-order valence-electron chi connectivity index (χ4n) is 1.67. The van der Waals surface area contributed by atoms with Gasteiger partial charge in [0.25, 0.3) is 0 Å². The number of rotatable bonds is 7. The van der Waals surface area contributed by atoms with Crippen molar-refractivity contribution in [3.63, 3.8) is 0 Å². The second-order valence-electron chi connectivity index (χ2n) is 3.79. The lowest BCUT2D eigenvalue weighted by Crippen LogP contribution is -2.35. The van der Waals surface area contributed by atoms with Crippen LogP contribution in [-0.2, 0) is 13.1 Å². The van der Waals surface area contributed by atoms with Gasteiger partial charge in [0.1, 0.15) is 12.2 Å². The fraction of sp³-hybridized carbons (Fsp3) is 0.700. The first-order valence-corrected chi connectivity index (χ1v) is 5.76. The first kappa shape index (κ1) is 13.4. The molecule has 7 nitrogen and oxygen atoms in total. The molecule has 0 spiro atoms. The van der Waals surface area contributed by atoms with Crippen molar-refractivity contribution in [1.82, 2.24) is 19.7 Å². The van der Waals surface area contributed by atoms with E-state index < -0.39 is 0 Å². The smallest absolute Gasteiger partial charge is 0.153 e. The number of aryl methyl sites for hydroxylation is 1. The molecular weight excluding hydrogens is 220 g/mol. The first-order valence-electron chi connectivity index (χ1n) is 5.76. The zero-order valence-corrected chi connectivity index (χ0v) is 10.4. The van der Waals surface area contributed by atoms with Crippen molar-refractivity contribution < 1.29 is 5.21 Å². The van der Waals surface area contributed by atoms with Gasteiger partial charge in [0.15, 0.2) is 5.84 Å². The van der Waals surface area contributed by atoms with E-state index >= 15 is 0 Å². The fourth-order valence-corrected chi connectivity index (χ4v) is 1.67. The molecule has 0 aliphatic rings. The molecule has 17 heavy (non-hydrogen) atoms. The summed E-state index contributed by atoms with van der Waals surface area (Å²) in [5.41, 5.74) is 5.52. The number of amidine groups is 1. The van der Waals surface area contributed by atoms with E-state index in [0.717, 1.165) is 25.3 Å². The van der Waals surface area contributed by atoms with E-state index in [1.807, 2.05) is 11.6 Å². The third-order valence-electron chi connectivity index (χ3n) is 2.41. The van der Waals surface area contributed by atoms with Crippen LogP contribution in [0.4, 0.5) is 0 Å². The van der Waals surface area contributed by atoms with Crippen LogP contribution in [0.2, 0.25) is 0 Å². The zero-order chi connectivity index (χ0) is 12.7. The number of aromatic nitrogens is 3. The van der Waals surface area contributed by atoms with Crippen molar-refractivity contribution in [2.75, 3.05) is 13.1 Å². The molecule has 0 atom stereocenters. The van der Waals surface area contributed by atoms with Gasteiger partial charge in [0.2, 0.25) is 0 Å². The van der Waals surface area contributed by atoms with Gasteiger partial charge in [-0.15, -0.1) is 0 Å². The van der Waals surface area contributed by atoms with Crippen molar-refractivity contribution in [3.8, 4) is 0 Å². The van der Waals surface area contributed by atoms with Crippen molar-refractivity contribution in [2.24, 2.45) is 10.9 Å². The Morgan fingerprint density at radius 2 is 2.35 bits per heavy atom. The maximum absolute atomic E-state index is 8.58. The molecule has 0 saturated heterocycles. The third-order valence-corrected chi connectivity index (χ3v) is 2.41. The Kier molecular flexibility index (Phi) is 5.41. The molecule has 1 rings (SSSR count). The van der Waals surface area contributed by atoms with Crippen LogP contribution in [0.25, 0.3) is 0 Å². The summed E-state index contributed by atoms with van der Waals surface area (Å²) in [5, 5.41) is 15.7. The molecular formula is C10H20N6O. The summed E-state index contributed by atoms with van der Waals surface area (Å²) in [6.45, 7) is 6.85. The van der Waals surface area contributed by atoms with E-state index in [0.29, 0.717) is 13.1 Å². The Hall–Kier alpha value is -1.63. The van der Waals surface area contributed by atoms with E-state index in [-0.39, 0.29) is 5.84 Å². The number of nitrogens with zero attached hydrogens (tertiary/aromatic N) is 5. The molecule has 0 unspecified atom stereocenters. The molecule has 3 N–H and O–H groups in total. The van der Waals surface area contributed by atoms with Crippen molar-refractivity contribution in [2.45, 2.75) is 33.4 Å². The molecule has 7 heteroatoms. The van der Waals surface area contributed by atoms with Crippen LogP contribution >= 0.6 is 0 Å². The van der Waals surface area contributed by atoms with Gasteiger partial charge in [-0.05, 0) is 19.9 Å². The Labute approximate surface area is 101 Å². The van der Waals surface area contributed by atoms with Gasteiger partial charge in [-0.25, -0.2) is 9.67 Å². The number of oxime groups is 1. The molecule has 0 aromatic carbocycles. The lowest BCUT2D eigenvalue weighted by molar-refractivity contribution is 0.276. The average Bonchev–Trinajstić information content (AvgIpc) is 2.76. The van der Waals surface area contributed by atoms with Gasteiger partial charge in [0.05, 0.1) is 13.1 Å². The molecule has 96 valence electrons. The quantitative estimate of drug-likeness (QED) is 0.308. The Morgan fingerprint density at radius 1 is 1.59 bits per heavy atom. The van der Waals surface area contributed by atoms with Crippen LogP contribution in [0.5, 0.6) is 0 Å². The summed E-state index contributed by atoms with van der Waals surface area (Å²) in [6, 6.07) is 0. The predicted molar refractivity (Wildman–Crippen MR) is 64.7 cm³/mol. The highest BCUT2D eigenvalue weighted by atomic mass is 16.4. The van der Waals surface area contributed by atoms with Gasteiger partial charge in [-0.3, -0.25) is 4.90 Å². The van der Waals surface area contributed by atoms with E-state index in [4.69, 9.17) is 10.9 Å². The predicted octanol–water partition coefficient (Wildman–Crippen LogP) is 0.256. The molecule has 0 aliphatic carbocycles. The molecule has 0 aliphatic heterocycles. The Balaban J connectivity index is 2.66. The van der Waals surface area contributed by atoms with Crippen molar-refractivity contribution >= 4 is 5.84 Å². The van der Waals surface area contributed by atoms with E-state index in [1.165, 1.54) is 0 Å². The SMILES string of the molecule is CCCN(CC(N)=NO)Cc1ncnn1CC. The molecule has 0 bridgehead atoms. The van der Waals surface area contributed by atoms with E-state index in [2.05, 4.69) is 27.1 Å². The maximum Gasteiger partial charge on any atom is 0.153 e. The topological polar surface area (TPSA) is 92.6 Å². The minimum Gasteiger partial charge on any atom is -0.409 e. The zero-order valence-electron chi connectivity index (χ0n) is 10.4. The summed E-state index contributed by atoms with van der Waals surface area (Å²) >= 11 is 0. The van der Waals surface area contributed by atoms with Crippen LogP contribution in [-0.4, -0.2) is 43.8 Å². The normalized spacial score (nSPS) is 12.3. The summed E-state index contributed by atoms with van der Waals surface area (Å²) in [4.78, 5) is 6.28. The molecule has 0 fully saturated rings. The summed E-state index contributed by atoms with van der Waals surface area (Å²) in [5.74, 6) is 1.10. The van der Waals surface area contributed by atoms with Gasteiger partial charge in [0, 0.05) is 6.54 Å². The number of nitrogens with two attached hydrogens (primary N) is 1. The molecule has 1 aromatic rings. The molecule has 1 heterocycles. The average molecular weight is 240 g/mol. The van der Waals surface area contributed by atoms with Crippen LogP contribution in [0.3, 0.4) is 0 Å². The van der Waals surface area contributed by atoms with Crippen molar-refractivity contribution in [3.05, 3.63) is 12.2 Å². The minimum atomic E-state index is 0.209. The third kappa shape index (κ3) is 4.03. The number of hydrogen-bond donors (Lipinski definition) is 2. The molecule has 0 radical (unpaired) electrons. The molecule has 1 aromatic heterocycles. The molecule has 0 saturated carbocycles. The standard InChI is InChI=1S/C10H20N6O/c1-3-5-15(6-9(11)14-17)7-10-12-8-13-16(10)4-2/h8,17H,3-7H2,1-2H3,(H2,11,14). The van der Waals surface area contributed by atoms with Gasteiger partial charge in [-0.2, -0.15) is 5.10 Å². The highest BCUT2D eigenvalue weighted by molar-refractivity contribution is 5.81. The highest BCUT2D eigenvalue weighted by Crippen LogP contribution is 2.02. The lowest BCUT2D eigenvalue weighted by atomic mass is 10.3. The summed E-state index contributed by atoms with van der Waals surface area (Å²) < 4.78 is 1.84. The Bertz CT molecular complexity index is 361. The van der Waals surface area contributed by atoms with Crippen LogP contribution in [0.15, 0.2) is 11.5 Å². The van der Waals surface area contributed by atoms with Gasteiger partial charge < -0.3 is 10.9 Å². The van der Waals surface area contributed by atoms with Gasteiger partial charge in [-0.1, -0.05) is 12.1 Å². The highest BCUT2D eigenvalue weighted by Gasteiger charge is 2.11. The monoisotopic (exact) mass is 240 g/mol. The number of hydrogen-bond acceptors (Lipinski definition) is 5. The summed E-state index contributed by atoms with van der Waals surface area (Å²) in [6.07, 6.45) is 2.55. The largest absolute Gasteiger partial charge is 0.409 e. The Morgan fingerprint density at radius 3 is 2.94 bits per heavy atom. The van der Waals surface area contributed by atoms with Crippen LogP contribution in [0.1, 0.15) is 26.1 Å². The second-order valence-corrected chi connectivity index (χ2v) is 3.79. The first-order chi connectivity index (χ1) is 8.21. The van der Waals surface area contributed by atoms with E-state index in [9.17, 15) is 0 Å². The van der Waals surface area contributed by atoms with Crippen LogP contribution < -0.4 is 5.73 Å². The minimum absolute atomic E-state index is 0.209.